The second-order valence-corrected chi connectivity index (χ2v) is 4.84. The van der Waals surface area contributed by atoms with Crippen LogP contribution in [0, 0.1) is 5.92 Å². The van der Waals surface area contributed by atoms with Gasteiger partial charge in [0.25, 0.3) is 11.7 Å². The summed E-state index contributed by atoms with van der Waals surface area (Å²) in [6.45, 7) is 1.99. The van der Waals surface area contributed by atoms with Crippen molar-refractivity contribution >= 4 is 11.7 Å². The summed E-state index contributed by atoms with van der Waals surface area (Å²) in [6, 6.07) is 9.31. The van der Waals surface area contributed by atoms with E-state index in [1.54, 1.807) is 6.92 Å². The lowest BCUT2D eigenvalue weighted by molar-refractivity contribution is -0.117. The van der Waals surface area contributed by atoms with Gasteiger partial charge in [-0.3, -0.25) is 9.59 Å². The van der Waals surface area contributed by atoms with E-state index in [1.165, 1.54) is 17.1 Å². The van der Waals surface area contributed by atoms with Crippen LogP contribution in [-0.2, 0) is 4.79 Å². The van der Waals surface area contributed by atoms with Crippen LogP contribution in [0.25, 0.3) is 5.69 Å². The van der Waals surface area contributed by atoms with Crippen LogP contribution in [0.3, 0.4) is 0 Å². The number of aliphatic hydroxyl groups excluding tert-OH is 1. The predicted octanol–water partition coefficient (Wildman–Crippen LogP) is 0.800. The van der Waals surface area contributed by atoms with Crippen molar-refractivity contribution in [3.63, 3.8) is 0 Å². The quantitative estimate of drug-likeness (QED) is 0.608. The fraction of sp³-hybridized carbons (Fsp3) is 0.267. The van der Waals surface area contributed by atoms with Gasteiger partial charge in [0.05, 0.1) is 17.4 Å². The molecule has 0 aliphatic carbocycles. The lowest BCUT2D eigenvalue weighted by Gasteiger charge is -2.08. The summed E-state index contributed by atoms with van der Waals surface area (Å²) < 4.78 is 1.54. The Morgan fingerprint density at radius 2 is 2.05 bits per heavy atom. The average molecular weight is 287 g/mol. The zero-order valence-electron chi connectivity index (χ0n) is 11.7. The molecule has 0 saturated heterocycles. The van der Waals surface area contributed by atoms with Crippen molar-refractivity contribution in [3.8, 4) is 5.69 Å². The van der Waals surface area contributed by atoms with E-state index in [-0.39, 0.29) is 24.6 Å². The molecule has 1 heterocycles. The van der Waals surface area contributed by atoms with Crippen LogP contribution in [0.2, 0.25) is 0 Å². The van der Waals surface area contributed by atoms with Crippen molar-refractivity contribution in [2.75, 3.05) is 13.2 Å². The van der Waals surface area contributed by atoms with Gasteiger partial charge in [0.1, 0.15) is 0 Å². The Balaban J connectivity index is 2.04. The normalized spacial score (nSPS) is 11.9. The molecule has 0 aliphatic heterocycles. The number of rotatable bonds is 6. The highest BCUT2D eigenvalue weighted by molar-refractivity contribution is 6.42. The molecule has 0 aliphatic rings. The Kier molecular flexibility index (Phi) is 4.84. The Morgan fingerprint density at radius 1 is 1.33 bits per heavy atom. The summed E-state index contributed by atoms with van der Waals surface area (Å²) in [5, 5.41) is 15.5. The van der Waals surface area contributed by atoms with Gasteiger partial charge in [-0.25, -0.2) is 4.68 Å². The molecular formula is C15H17N3O3. The molecule has 2 aromatic rings. The van der Waals surface area contributed by atoms with Gasteiger partial charge in [-0.05, 0) is 18.1 Å². The number of aromatic nitrogens is 2. The molecule has 1 aromatic carbocycles. The van der Waals surface area contributed by atoms with Crippen molar-refractivity contribution in [2.45, 2.75) is 6.92 Å². The van der Waals surface area contributed by atoms with Crippen LogP contribution in [-0.4, -0.2) is 39.7 Å². The zero-order chi connectivity index (χ0) is 15.2. The molecule has 0 spiro atoms. The average Bonchev–Trinajstić information content (AvgIpc) is 3.02. The summed E-state index contributed by atoms with van der Waals surface area (Å²) in [5.74, 6) is -1.42. The molecule has 6 nitrogen and oxygen atoms in total. The zero-order valence-corrected chi connectivity index (χ0v) is 11.7. The molecule has 0 fully saturated rings. The molecule has 2 rings (SSSR count). The fourth-order valence-corrected chi connectivity index (χ4v) is 1.70. The number of amides is 1. The number of Topliss-reactive ketones (excluding diaryl/α,β-unsaturated/α-hetero) is 1. The minimum atomic E-state index is -0.692. The topological polar surface area (TPSA) is 84.2 Å². The first-order valence-corrected chi connectivity index (χ1v) is 6.65. The monoisotopic (exact) mass is 287 g/mol. The molecule has 1 amide bonds. The van der Waals surface area contributed by atoms with Crippen LogP contribution in [0.4, 0.5) is 0 Å². The second-order valence-electron chi connectivity index (χ2n) is 4.84. The van der Waals surface area contributed by atoms with Crippen molar-refractivity contribution < 1.29 is 14.7 Å². The van der Waals surface area contributed by atoms with E-state index in [4.69, 9.17) is 5.11 Å². The first-order chi connectivity index (χ1) is 10.1. The minimum absolute atomic E-state index is 0.0413. The highest BCUT2D eigenvalue weighted by Crippen LogP contribution is 2.08. The van der Waals surface area contributed by atoms with E-state index in [9.17, 15) is 9.59 Å². The van der Waals surface area contributed by atoms with Gasteiger partial charge in [-0.15, -0.1) is 0 Å². The number of nitrogens with zero attached hydrogens (tertiary/aromatic N) is 2. The van der Waals surface area contributed by atoms with Gasteiger partial charge in [0, 0.05) is 19.3 Å². The number of carbonyl (C=O) groups is 2. The van der Waals surface area contributed by atoms with Gasteiger partial charge in [-0.2, -0.15) is 5.10 Å². The smallest absolute Gasteiger partial charge is 0.292 e. The summed E-state index contributed by atoms with van der Waals surface area (Å²) in [5.41, 5.74) is 1.04. The van der Waals surface area contributed by atoms with E-state index in [0.717, 1.165) is 5.69 Å². The van der Waals surface area contributed by atoms with Crippen molar-refractivity contribution in [1.82, 2.24) is 15.1 Å². The molecule has 1 unspecified atom stereocenters. The van der Waals surface area contributed by atoms with E-state index in [0.29, 0.717) is 0 Å². The maximum atomic E-state index is 12.0. The largest absolute Gasteiger partial charge is 0.396 e. The maximum absolute atomic E-state index is 12.0. The van der Waals surface area contributed by atoms with Crippen LogP contribution >= 0.6 is 0 Å². The molecule has 0 saturated carbocycles. The van der Waals surface area contributed by atoms with E-state index < -0.39 is 11.7 Å². The van der Waals surface area contributed by atoms with E-state index in [1.807, 2.05) is 30.3 Å². The van der Waals surface area contributed by atoms with Crippen molar-refractivity contribution in [2.24, 2.45) is 5.92 Å². The number of aliphatic hydroxyl groups is 1. The van der Waals surface area contributed by atoms with Crippen LogP contribution in [0.15, 0.2) is 42.7 Å². The van der Waals surface area contributed by atoms with Crippen LogP contribution in [0.5, 0.6) is 0 Å². The SMILES string of the molecule is CC(CO)CNC(=O)C(=O)c1cnn(-c2ccccc2)c1. The standard InChI is InChI=1S/C15H17N3O3/c1-11(10-19)7-16-15(21)14(20)12-8-17-18(9-12)13-5-3-2-4-6-13/h2-6,8-9,11,19H,7,10H2,1H3,(H,16,21). The second kappa shape index (κ2) is 6.81. The number of benzene rings is 1. The molecule has 2 N–H and O–H groups in total. The predicted molar refractivity (Wildman–Crippen MR) is 77.2 cm³/mol. The summed E-state index contributed by atoms with van der Waals surface area (Å²) in [7, 11) is 0. The Labute approximate surface area is 122 Å². The number of nitrogens with one attached hydrogen (secondary N) is 1. The van der Waals surface area contributed by atoms with Gasteiger partial charge in [0.2, 0.25) is 0 Å². The van der Waals surface area contributed by atoms with E-state index in [2.05, 4.69) is 10.4 Å². The molecule has 110 valence electrons. The summed E-state index contributed by atoms with van der Waals surface area (Å²) in [6.07, 6.45) is 2.89. The lowest BCUT2D eigenvalue weighted by atomic mass is 10.2. The molecule has 0 radical (unpaired) electrons. The lowest BCUT2D eigenvalue weighted by Crippen LogP contribution is -2.34. The molecule has 1 aromatic heterocycles. The Morgan fingerprint density at radius 3 is 2.71 bits per heavy atom. The Bertz CT molecular complexity index is 622. The fourth-order valence-electron chi connectivity index (χ4n) is 1.70. The Hall–Kier alpha value is -2.47. The summed E-state index contributed by atoms with van der Waals surface area (Å²) >= 11 is 0. The number of hydrogen-bond acceptors (Lipinski definition) is 4. The number of hydrogen-bond donors (Lipinski definition) is 2. The highest BCUT2D eigenvalue weighted by atomic mass is 16.3. The first-order valence-electron chi connectivity index (χ1n) is 6.65. The number of carbonyl (C=O) groups excluding carboxylic acids is 2. The van der Waals surface area contributed by atoms with Crippen LogP contribution < -0.4 is 5.32 Å². The minimum Gasteiger partial charge on any atom is -0.396 e. The maximum Gasteiger partial charge on any atom is 0.292 e. The van der Waals surface area contributed by atoms with Gasteiger partial charge in [-0.1, -0.05) is 25.1 Å². The third-order valence-electron chi connectivity index (χ3n) is 2.99. The van der Waals surface area contributed by atoms with Crippen LogP contribution in [0.1, 0.15) is 17.3 Å². The van der Waals surface area contributed by atoms with Gasteiger partial charge in [0.15, 0.2) is 0 Å². The van der Waals surface area contributed by atoms with Gasteiger partial charge >= 0.3 is 0 Å². The molecule has 0 bridgehead atoms. The summed E-state index contributed by atoms with van der Waals surface area (Å²) in [4.78, 5) is 23.7. The van der Waals surface area contributed by atoms with Gasteiger partial charge < -0.3 is 10.4 Å². The molecule has 21 heavy (non-hydrogen) atoms. The molecule has 1 atom stereocenters. The first kappa shape index (κ1) is 14.9. The van der Waals surface area contributed by atoms with Crippen molar-refractivity contribution in [3.05, 3.63) is 48.3 Å². The third-order valence-corrected chi connectivity index (χ3v) is 2.99. The number of ketones is 1. The van der Waals surface area contributed by atoms with Crippen molar-refractivity contribution in [1.29, 1.82) is 0 Å². The molecular weight excluding hydrogens is 270 g/mol. The van der Waals surface area contributed by atoms with E-state index >= 15 is 0 Å². The number of para-hydroxylation sites is 1. The third kappa shape index (κ3) is 3.76. The highest BCUT2D eigenvalue weighted by Gasteiger charge is 2.18. The molecule has 6 heteroatoms.